The van der Waals surface area contributed by atoms with Crippen LogP contribution in [0, 0.1) is 26.7 Å². The molecule has 0 bridgehead atoms. The molecule has 0 amide bonds. The molecule has 1 saturated heterocycles. The summed E-state index contributed by atoms with van der Waals surface area (Å²) in [6, 6.07) is 6.21. The van der Waals surface area contributed by atoms with E-state index < -0.39 is 0 Å². The molecule has 1 N–H and O–H groups in total. The summed E-state index contributed by atoms with van der Waals surface area (Å²) in [4.78, 5) is 0. The molecule has 2 fully saturated rings. The molecule has 1 aliphatic carbocycles. The molecular weight excluding hydrogens is 230 g/mol. The highest BCUT2D eigenvalue weighted by Gasteiger charge is 2.33. The Morgan fingerprint density at radius 1 is 1.00 bits per heavy atom. The lowest BCUT2D eigenvalue weighted by Gasteiger charge is -2.34. The second kappa shape index (κ2) is 5.28. The van der Waals surface area contributed by atoms with Gasteiger partial charge in [-0.1, -0.05) is 24.1 Å². The molecule has 2 aliphatic rings. The zero-order valence-corrected chi connectivity index (χ0v) is 12.6. The minimum Gasteiger partial charge on any atom is -0.311 e. The summed E-state index contributed by atoms with van der Waals surface area (Å²) in [5.41, 5.74) is 5.94. The second-order valence-corrected chi connectivity index (χ2v) is 6.82. The molecular formula is C18H27N. The highest BCUT2D eigenvalue weighted by molar-refractivity contribution is 5.38. The van der Waals surface area contributed by atoms with E-state index in [2.05, 4.69) is 38.2 Å². The zero-order chi connectivity index (χ0) is 13.4. The maximum absolute atomic E-state index is 3.93. The van der Waals surface area contributed by atoms with Crippen molar-refractivity contribution in [3.05, 3.63) is 34.4 Å². The number of hydrogen-bond acceptors (Lipinski definition) is 1. The number of nitrogens with one attached hydrogen (secondary N) is 1. The zero-order valence-electron chi connectivity index (χ0n) is 12.6. The minimum atomic E-state index is 0.708. The van der Waals surface area contributed by atoms with Crippen LogP contribution in [0.1, 0.15) is 54.4 Å². The normalized spacial score (nSPS) is 30.4. The van der Waals surface area contributed by atoms with Crippen LogP contribution in [0.2, 0.25) is 0 Å². The lowest BCUT2D eigenvalue weighted by molar-refractivity contribution is 0.257. The second-order valence-electron chi connectivity index (χ2n) is 6.82. The summed E-state index contributed by atoms with van der Waals surface area (Å²) < 4.78 is 0. The molecule has 104 valence electrons. The first-order chi connectivity index (χ1) is 9.13. The van der Waals surface area contributed by atoms with Crippen molar-refractivity contribution in [3.8, 4) is 0 Å². The predicted octanol–water partition coefficient (Wildman–Crippen LogP) is 4.08. The van der Waals surface area contributed by atoms with Gasteiger partial charge < -0.3 is 5.32 Å². The van der Waals surface area contributed by atoms with Crippen LogP contribution in [0.4, 0.5) is 0 Å². The Morgan fingerprint density at radius 2 is 1.74 bits per heavy atom. The van der Waals surface area contributed by atoms with Crippen LogP contribution in [0.5, 0.6) is 0 Å². The van der Waals surface area contributed by atoms with Crippen molar-refractivity contribution >= 4 is 0 Å². The van der Waals surface area contributed by atoms with Gasteiger partial charge in [0.15, 0.2) is 0 Å². The molecule has 19 heavy (non-hydrogen) atoms. The van der Waals surface area contributed by atoms with E-state index >= 15 is 0 Å². The third-order valence-electron chi connectivity index (χ3n) is 5.29. The number of hydrogen-bond donors (Lipinski definition) is 1. The van der Waals surface area contributed by atoms with Crippen LogP contribution in [-0.2, 0) is 6.42 Å². The molecule has 0 spiro atoms. The van der Waals surface area contributed by atoms with E-state index in [1.807, 2.05) is 0 Å². The predicted molar refractivity (Wildman–Crippen MR) is 81.6 cm³/mol. The van der Waals surface area contributed by atoms with Gasteiger partial charge in [-0.15, -0.1) is 0 Å². The van der Waals surface area contributed by atoms with Crippen molar-refractivity contribution in [2.24, 2.45) is 5.92 Å². The maximum Gasteiger partial charge on any atom is 0.0110 e. The molecule has 3 unspecified atom stereocenters. The van der Waals surface area contributed by atoms with Crippen LogP contribution in [0.3, 0.4) is 0 Å². The Bertz CT molecular complexity index is 440. The quantitative estimate of drug-likeness (QED) is 0.842. The molecule has 1 saturated carbocycles. The first-order valence-corrected chi connectivity index (χ1v) is 7.96. The van der Waals surface area contributed by atoms with E-state index in [9.17, 15) is 0 Å². The smallest absolute Gasteiger partial charge is 0.0110 e. The average Bonchev–Trinajstić information content (AvgIpc) is 2.81. The maximum atomic E-state index is 3.93. The highest BCUT2D eigenvalue weighted by atomic mass is 15.0. The van der Waals surface area contributed by atoms with Crippen molar-refractivity contribution in [2.75, 3.05) is 0 Å². The highest BCUT2D eigenvalue weighted by Crippen LogP contribution is 2.34. The summed E-state index contributed by atoms with van der Waals surface area (Å²) >= 11 is 0. The summed E-state index contributed by atoms with van der Waals surface area (Å²) in [6.45, 7) is 6.75. The third-order valence-corrected chi connectivity index (χ3v) is 5.29. The Balaban J connectivity index is 1.72. The van der Waals surface area contributed by atoms with Crippen molar-refractivity contribution in [2.45, 2.75) is 71.4 Å². The average molecular weight is 257 g/mol. The summed E-state index contributed by atoms with van der Waals surface area (Å²) in [6.07, 6.45) is 8.36. The van der Waals surface area contributed by atoms with Crippen LogP contribution in [-0.4, -0.2) is 12.1 Å². The summed E-state index contributed by atoms with van der Waals surface area (Å²) in [5.74, 6) is 0.983. The Labute approximate surface area is 117 Å². The number of piperidine rings is 1. The van der Waals surface area contributed by atoms with Crippen LogP contribution < -0.4 is 5.32 Å². The number of fused-ring (bicyclic) bond motifs is 1. The van der Waals surface area contributed by atoms with E-state index in [4.69, 9.17) is 0 Å². The number of rotatable bonds is 2. The number of aryl methyl sites for hydroxylation is 3. The molecule has 1 heterocycles. The molecule has 3 atom stereocenters. The SMILES string of the molecule is Cc1cc(C)c(CC2CCC3CCCC3N2)c(C)c1. The lowest BCUT2D eigenvalue weighted by Crippen LogP contribution is -2.46. The van der Waals surface area contributed by atoms with Gasteiger partial charge >= 0.3 is 0 Å². The molecule has 1 aromatic carbocycles. The van der Waals surface area contributed by atoms with E-state index in [-0.39, 0.29) is 0 Å². The number of benzene rings is 1. The monoisotopic (exact) mass is 257 g/mol. The lowest BCUT2D eigenvalue weighted by atomic mass is 9.85. The third kappa shape index (κ3) is 2.72. The van der Waals surface area contributed by atoms with Gasteiger partial charge in [0.1, 0.15) is 0 Å². The van der Waals surface area contributed by atoms with Gasteiger partial charge in [0.25, 0.3) is 0 Å². The van der Waals surface area contributed by atoms with Crippen molar-refractivity contribution in [3.63, 3.8) is 0 Å². The van der Waals surface area contributed by atoms with Crippen molar-refractivity contribution in [1.82, 2.24) is 5.32 Å². The van der Waals surface area contributed by atoms with Crippen LogP contribution >= 0.6 is 0 Å². The summed E-state index contributed by atoms with van der Waals surface area (Å²) in [7, 11) is 0. The van der Waals surface area contributed by atoms with Crippen molar-refractivity contribution in [1.29, 1.82) is 0 Å². The Hall–Kier alpha value is -0.820. The van der Waals surface area contributed by atoms with E-state index in [1.54, 1.807) is 5.56 Å². The minimum absolute atomic E-state index is 0.708. The first-order valence-electron chi connectivity index (χ1n) is 7.96. The van der Waals surface area contributed by atoms with Gasteiger partial charge in [0.2, 0.25) is 0 Å². The fraction of sp³-hybridized carbons (Fsp3) is 0.667. The van der Waals surface area contributed by atoms with E-state index in [0.29, 0.717) is 6.04 Å². The molecule has 1 nitrogen and oxygen atoms in total. The first kappa shape index (κ1) is 13.2. The van der Waals surface area contributed by atoms with Gasteiger partial charge in [-0.05, 0) is 75.5 Å². The largest absolute Gasteiger partial charge is 0.311 e. The summed E-state index contributed by atoms with van der Waals surface area (Å²) in [5, 5.41) is 3.93. The fourth-order valence-electron chi connectivity index (χ4n) is 4.34. The van der Waals surface area contributed by atoms with Gasteiger partial charge in [0.05, 0.1) is 0 Å². The van der Waals surface area contributed by atoms with Crippen molar-refractivity contribution < 1.29 is 0 Å². The van der Waals surface area contributed by atoms with E-state index in [0.717, 1.165) is 12.0 Å². The molecule has 0 radical (unpaired) electrons. The van der Waals surface area contributed by atoms with Crippen LogP contribution in [0.15, 0.2) is 12.1 Å². The molecule has 3 rings (SSSR count). The molecule has 1 aromatic rings. The van der Waals surface area contributed by atoms with Gasteiger partial charge in [-0.3, -0.25) is 0 Å². The Kier molecular flexibility index (Phi) is 3.66. The van der Waals surface area contributed by atoms with Crippen LogP contribution in [0.25, 0.3) is 0 Å². The van der Waals surface area contributed by atoms with Gasteiger partial charge in [-0.2, -0.15) is 0 Å². The van der Waals surface area contributed by atoms with E-state index in [1.165, 1.54) is 55.2 Å². The molecule has 0 aromatic heterocycles. The Morgan fingerprint density at radius 3 is 2.47 bits per heavy atom. The van der Waals surface area contributed by atoms with Gasteiger partial charge in [-0.25, -0.2) is 0 Å². The standard InChI is InChI=1S/C18H27N/c1-12-9-13(2)17(14(3)10-12)11-16-8-7-15-5-4-6-18(15)19-16/h9-10,15-16,18-19H,4-8,11H2,1-3H3. The topological polar surface area (TPSA) is 12.0 Å². The van der Waals surface area contributed by atoms with Gasteiger partial charge in [0, 0.05) is 12.1 Å². The fourth-order valence-corrected chi connectivity index (χ4v) is 4.34. The molecule has 1 heteroatoms. The molecule has 1 aliphatic heterocycles.